The third-order valence-electron chi connectivity index (χ3n) is 9.33. The summed E-state index contributed by atoms with van der Waals surface area (Å²) in [4.78, 5) is 5.15. The van der Waals surface area contributed by atoms with Gasteiger partial charge in [0.05, 0.1) is 34.8 Å². The predicted octanol–water partition coefficient (Wildman–Crippen LogP) is 13.1. The second kappa shape index (κ2) is 22.3. The standard InChI is InChI=1S/C48H44O4S8/c1-53-43-19-13-35(57-43)31-37-15-21-45(59-37)55-29-27-49-23-25-51-41-17-11-33-7-3-5-9-39(33)47(41)48-40-10-6-4-8-34(40)12-18-42(48)52-26-24-50-28-30-56-46-22-16-38(60-46)32-36-14-20-44(54-2)58-36/h3-22,31-32H,23-30H2,1-2H3/q+2/b35-31+,36-32+. The van der Waals surface area contributed by atoms with Crippen molar-refractivity contribution in [1.29, 1.82) is 0 Å². The van der Waals surface area contributed by atoms with Crippen LogP contribution < -0.4 is 9.47 Å². The molecule has 306 valence electrons. The molecule has 0 bridgehead atoms. The Morgan fingerprint density at radius 3 is 1.42 bits per heavy atom. The molecule has 4 nitrogen and oxygen atoms in total. The van der Waals surface area contributed by atoms with E-state index in [4.69, 9.17) is 18.9 Å². The zero-order valence-corrected chi connectivity index (χ0v) is 39.8. The molecule has 4 aromatic carbocycles. The third kappa shape index (κ3) is 11.7. The topological polar surface area (TPSA) is 36.9 Å². The van der Waals surface area contributed by atoms with Crippen molar-refractivity contribution in [3.63, 3.8) is 0 Å². The van der Waals surface area contributed by atoms with Crippen LogP contribution >= 0.6 is 69.7 Å². The van der Waals surface area contributed by atoms with Crippen molar-refractivity contribution in [2.45, 2.75) is 8.42 Å². The highest BCUT2D eigenvalue weighted by Crippen LogP contribution is 2.45. The van der Waals surface area contributed by atoms with Crippen molar-refractivity contribution in [3.8, 4) is 22.6 Å². The first-order valence-electron chi connectivity index (χ1n) is 19.5. The molecular formula is C48H44O4S8+2. The fourth-order valence-electron chi connectivity index (χ4n) is 6.59. The Balaban J connectivity index is 0.857. The molecule has 0 N–H and O–H groups in total. The first-order valence-corrected chi connectivity index (χ1v) is 27.2. The monoisotopic (exact) mass is 940 g/mol. The Bertz CT molecular complexity index is 2430. The number of rotatable bonds is 19. The van der Waals surface area contributed by atoms with Crippen LogP contribution in [0, 0.1) is 0 Å². The first kappa shape index (κ1) is 43.5. The molecule has 2 aromatic heterocycles. The van der Waals surface area contributed by atoms with E-state index in [-0.39, 0.29) is 0 Å². The maximum Gasteiger partial charge on any atom is 0.262 e. The van der Waals surface area contributed by atoms with Crippen LogP contribution in [0.5, 0.6) is 11.5 Å². The number of allylic oxidation sites excluding steroid dienone is 2. The van der Waals surface area contributed by atoms with Crippen molar-refractivity contribution in [3.05, 3.63) is 141 Å². The number of fused-ring (bicyclic) bond motifs is 2. The molecule has 0 atom stereocenters. The van der Waals surface area contributed by atoms with E-state index in [1.54, 1.807) is 22.7 Å². The van der Waals surface area contributed by atoms with Gasteiger partial charge in [0.15, 0.2) is 35.2 Å². The molecule has 60 heavy (non-hydrogen) atoms. The van der Waals surface area contributed by atoms with E-state index < -0.39 is 0 Å². The Hall–Kier alpha value is -3.14. The molecule has 0 saturated heterocycles. The van der Waals surface area contributed by atoms with Crippen LogP contribution in [-0.2, 0) is 32.2 Å². The molecule has 4 heterocycles. The van der Waals surface area contributed by atoms with Crippen molar-refractivity contribution in [2.24, 2.45) is 0 Å². The molecule has 0 radical (unpaired) electrons. The van der Waals surface area contributed by atoms with Gasteiger partial charge >= 0.3 is 0 Å². The van der Waals surface area contributed by atoms with Crippen molar-refractivity contribution in [2.75, 3.05) is 63.7 Å². The Labute approximate surface area is 385 Å². The highest BCUT2D eigenvalue weighted by atomic mass is 32.2. The van der Waals surface area contributed by atoms with E-state index in [1.807, 2.05) is 69.7 Å². The number of thiophene rings is 2. The van der Waals surface area contributed by atoms with Crippen LogP contribution in [0.1, 0.15) is 9.75 Å². The number of ether oxygens (including phenoxy) is 4. The molecule has 2 aliphatic heterocycles. The molecule has 8 rings (SSSR count). The van der Waals surface area contributed by atoms with E-state index in [9.17, 15) is 0 Å². The van der Waals surface area contributed by atoms with Gasteiger partial charge in [-0.25, -0.2) is 0 Å². The summed E-state index contributed by atoms with van der Waals surface area (Å²) in [5.74, 6) is 3.40. The van der Waals surface area contributed by atoms with E-state index in [0.29, 0.717) is 39.6 Å². The minimum Gasteiger partial charge on any atom is -0.491 e. The molecular weight excluding hydrogens is 897 g/mol. The fourth-order valence-corrected chi connectivity index (χ4v) is 13.8. The van der Waals surface area contributed by atoms with Gasteiger partial charge in [0.25, 0.3) is 8.39 Å². The minimum absolute atomic E-state index is 0.443. The Morgan fingerprint density at radius 1 is 0.500 bits per heavy atom. The average molecular weight is 941 g/mol. The van der Waals surface area contributed by atoms with Crippen LogP contribution in [0.2, 0.25) is 0 Å². The average Bonchev–Trinajstić information content (AvgIpc) is 4.12. The lowest BCUT2D eigenvalue weighted by molar-refractivity contribution is 0.111. The first-order chi connectivity index (χ1) is 29.6. The summed E-state index contributed by atoms with van der Waals surface area (Å²) >= 11 is 14.6. The quantitative estimate of drug-likeness (QED) is 0.0344. The zero-order valence-electron chi connectivity index (χ0n) is 33.3. The van der Waals surface area contributed by atoms with Gasteiger partial charge in [0.2, 0.25) is 0 Å². The van der Waals surface area contributed by atoms with Crippen LogP contribution in [0.25, 0.3) is 44.8 Å². The Morgan fingerprint density at radius 2 is 0.967 bits per heavy atom. The van der Waals surface area contributed by atoms with Crippen molar-refractivity contribution < 1.29 is 18.9 Å². The van der Waals surface area contributed by atoms with Gasteiger partial charge in [-0.05, 0) is 106 Å². The molecule has 0 unspecified atom stereocenters. The van der Waals surface area contributed by atoms with Gasteiger partial charge in [-0.3, -0.25) is 0 Å². The van der Waals surface area contributed by atoms with Crippen molar-refractivity contribution >= 4 is 135 Å². The van der Waals surface area contributed by atoms with Gasteiger partial charge in [0.1, 0.15) is 24.7 Å². The van der Waals surface area contributed by atoms with Crippen LogP contribution in [0.3, 0.4) is 0 Å². The summed E-state index contributed by atoms with van der Waals surface area (Å²) < 4.78 is 30.6. The second-order valence-corrected chi connectivity index (χ2v) is 22.7. The summed E-state index contributed by atoms with van der Waals surface area (Å²) in [6, 6.07) is 34.3. The molecule has 0 aliphatic carbocycles. The largest absolute Gasteiger partial charge is 0.491 e. The van der Waals surface area contributed by atoms with Crippen LogP contribution in [-0.4, -0.2) is 72.1 Å². The summed E-state index contributed by atoms with van der Waals surface area (Å²) in [6.45, 7) is 3.20. The van der Waals surface area contributed by atoms with E-state index in [0.717, 1.165) is 55.7 Å². The molecule has 0 amide bonds. The van der Waals surface area contributed by atoms with Crippen LogP contribution in [0.4, 0.5) is 0 Å². The minimum atomic E-state index is 0.443. The lowest BCUT2D eigenvalue weighted by atomic mass is 9.92. The third-order valence-corrected chi connectivity index (χ3v) is 18.0. The SMILES string of the molecule is C[S+]=C1C=C/C(=C\c2ccc(SCCOCCOc3ccc4ccccc4c3-c3c(OCCOCCSc4ccc(/C=C5\C=CC(=[S+]C)S5)s4)ccc4ccccc34)s2)S1. The van der Waals surface area contributed by atoms with Crippen molar-refractivity contribution in [1.82, 2.24) is 0 Å². The van der Waals surface area contributed by atoms with Gasteiger partial charge in [-0.2, -0.15) is 0 Å². The summed E-state index contributed by atoms with van der Waals surface area (Å²) in [6.07, 6.45) is 17.6. The molecule has 2 aliphatic rings. The number of thioether (sulfide) groups is 4. The predicted molar refractivity (Wildman–Crippen MR) is 276 cm³/mol. The highest BCUT2D eigenvalue weighted by molar-refractivity contribution is 8.26. The fraction of sp³-hybridized carbons (Fsp3) is 0.208. The zero-order chi connectivity index (χ0) is 40.9. The number of hydrogen-bond donors (Lipinski definition) is 0. The molecule has 0 spiro atoms. The van der Waals surface area contributed by atoms with E-state index in [1.165, 1.54) is 36.4 Å². The smallest absolute Gasteiger partial charge is 0.262 e. The molecule has 6 aromatic rings. The molecule has 12 heteroatoms. The summed E-state index contributed by atoms with van der Waals surface area (Å²) in [5, 5.41) is 4.53. The maximum absolute atomic E-state index is 6.56. The summed E-state index contributed by atoms with van der Waals surface area (Å²) in [7, 11) is 0. The van der Waals surface area contributed by atoms with Gasteiger partial charge in [-0.1, -0.05) is 60.7 Å². The Kier molecular flexibility index (Phi) is 16.2. The number of benzene rings is 4. The lowest BCUT2D eigenvalue weighted by Gasteiger charge is -2.20. The lowest BCUT2D eigenvalue weighted by Crippen LogP contribution is -2.10. The normalized spacial score (nSPS) is 16.5. The molecule has 0 fully saturated rings. The molecule has 0 saturated carbocycles. The summed E-state index contributed by atoms with van der Waals surface area (Å²) in [5.41, 5.74) is 2.06. The van der Waals surface area contributed by atoms with E-state index >= 15 is 0 Å². The number of hydrogen-bond acceptors (Lipinski definition) is 10. The van der Waals surface area contributed by atoms with E-state index in [2.05, 4.69) is 146 Å². The second-order valence-electron chi connectivity index (χ2n) is 13.3. The highest BCUT2D eigenvalue weighted by Gasteiger charge is 2.20. The van der Waals surface area contributed by atoms with Gasteiger partial charge in [0, 0.05) is 54.3 Å². The maximum atomic E-state index is 6.56. The van der Waals surface area contributed by atoms with Crippen LogP contribution in [0.15, 0.2) is 140 Å². The van der Waals surface area contributed by atoms with Gasteiger partial charge < -0.3 is 18.9 Å². The van der Waals surface area contributed by atoms with Gasteiger partial charge in [-0.15, -0.1) is 46.2 Å².